The number of hydrogen-bond donors (Lipinski definition) is 0. The van der Waals surface area contributed by atoms with Crippen LogP contribution in [0.1, 0.15) is 41.4 Å². The molecular weight excluding hydrogens is 553 g/mol. The second-order valence-corrected chi connectivity index (χ2v) is 11.3. The molecule has 2 aromatic carbocycles. The third-order valence-corrected chi connectivity index (χ3v) is 8.47. The van der Waals surface area contributed by atoms with Gasteiger partial charge in [-0.1, -0.05) is 53.5 Å². The molecule has 3 heterocycles. The number of hydrogen-bond acceptors (Lipinski definition) is 5. The van der Waals surface area contributed by atoms with Crippen LogP contribution in [0, 0.1) is 12.8 Å². The van der Waals surface area contributed by atoms with Gasteiger partial charge in [0.25, 0.3) is 5.91 Å². The van der Waals surface area contributed by atoms with Gasteiger partial charge in [-0.3, -0.25) is 9.59 Å². The number of benzene rings is 2. The van der Waals surface area contributed by atoms with Crippen LogP contribution in [0.5, 0.6) is 0 Å². The van der Waals surface area contributed by atoms with E-state index in [2.05, 4.69) is 4.57 Å². The molecule has 1 aliphatic rings. The lowest BCUT2D eigenvalue weighted by Gasteiger charge is -2.31. The standard InChI is InChI=1S/C30H29Cl2N3O3S/c1-3-38-30(37)21-9-7-13-34(17-21)29(36)24-15-27(35(19(24)2)16-20-8-6-10-22(31)14-20)26-18-39-28(33-26)23-11-4-5-12-25(23)32/h4-6,8,10-12,14-15,18,21H,3,7,9,13,16-17H2,1-2H3. The van der Waals surface area contributed by atoms with Crippen LogP contribution in [-0.4, -0.2) is 46.0 Å². The molecular formula is C30H29Cl2N3O3S. The Bertz CT molecular complexity index is 1510. The third-order valence-electron chi connectivity index (χ3n) is 7.03. The molecule has 6 nitrogen and oxygen atoms in total. The fourth-order valence-electron chi connectivity index (χ4n) is 5.03. The highest BCUT2D eigenvalue weighted by molar-refractivity contribution is 7.13. The minimum Gasteiger partial charge on any atom is -0.466 e. The summed E-state index contributed by atoms with van der Waals surface area (Å²) in [5, 5.41) is 4.10. The number of halogens is 2. The number of ether oxygens (including phenoxy) is 1. The first-order valence-electron chi connectivity index (χ1n) is 13.0. The highest BCUT2D eigenvalue weighted by atomic mass is 35.5. The van der Waals surface area contributed by atoms with E-state index in [9.17, 15) is 9.59 Å². The van der Waals surface area contributed by atoms with E-state index in [4.69, 9.17) is 32.9 Å². The van der Waals surface area contributed by atoms with Gasteiger partial charge in [0, 0.05) is 41.3 Å². The summed E-state index contributed by atoms with van der Waals surface area (Å²) in [6.45, 7) is 5.58. The summed E-state index contributed by atoms with van der Waals surface area (Å²) >= 11 is 14.2. The second-order valence-electron chi connectivity index (χ2n) is 9.60. The number of rotatable bonds is 7. The molecule has 9 heteroatoms. The highest BCUT2D eigenvalue weighted by Crippen LogP contribution is 2.35. The van der Waals surface area contributed by atoms with Crippen molar-refractivity contribution in [2.75, 3.05) is 19.7 Å². The first-order valence-corrected chi connectivity index (χ1v) is 14.6. The van der Waals surface area contributed by atoms with Crippen LogP contribution >= 0.6 is 34.5 Å². The number of thiazole rings is 1. The summed E-state index contributed by atoms with van der Waals surface area (Å²) in [6, 6.07) is 17.3. The molecule has 1 saturated heterocycles. The van der Waals surface area contributed by atoms with Gasteiger partial charge in [0.2, 0.25) is 0 Å². The Balaban J connectivity index is 1.52. The molecule has 1 amide bonds. The van der Waals surface area contributed by atoms with E-state index in [0.717, 1.165) is 46.1 Å². The van der Waals surface area contributed by atoms with Crippen molar-refractivity contribution in [3.8, 4) is 22.0 Å². The van der Waals surface area contributed by atoms with Crippen LogP contribution < -0.4 is 0 Å². The zero-order valence-electron chi connectivity index (χ0n) is 21.8. The maximum Gasteiger partial charge on any atom is 0.310 e. The number of esters is 1. The largest absolute Gasteiger partial charge is 0.466 e. The number of nitrogens with zero attached hydrogens (tertiary/aromatic N) is 3. The molecule has 5 rings (SSSR count). The average molecular weight is 583 g/mol. The molecule has 0 saturated carbocycles. The topological polar surface area (TPSA) is 64.4 Å². The monoisotopic (exact) mass is 581 g/mol. The van der Waals surface area contributed by atoms with Crippen molar-refractivity contribution in [3.05, 3.63) is 86.8 Å². The molecule has 1 atom stereocenters. The smallest absolute Gasteiger partial charge is 0.310 e. The van der Waals surface area contributed by atoms with Crippen molar-refractivity contribution < 1.29 is 14.3 Å². The van der Waals surface area contributed by atoms with Crippen molar-refractivity contribution in [1.82, 2.24) is 14.5 Å². The summed E-state index contributed by atoms with van der Waals surface area (Å²) in [6.07, 6.45) is 1.49. The van der Waals surface area contributed by atoms with Crippen molar-refractivity contribution in [2.24, 2.45) is 5.92 Å². The van der Waals surface area contributed by atoms with Crippen LogP contribution in [0.25, 0.3) is 22.0 Å². The number of likely N-dealkylation sites (tertiary alicyclic amines) is 1. The number of aromatic nitrogens is 2. The summed E-state index contributed by atoms with van der Waals surface area (Å²) < 4.78 is 7.34. The van der Waals surface area contributed by atoms with E-state index in [0.29, 0.717) is 41.8 Å². The predicted molar refractivity (Wildman–Crippen MR) is 157 cm³/mol. The van der Waals surface area contributed by atoms with Crippen LogP contribution in [0.2, 0.25) is 10.0 Å². The molecule has 0 bridgehead atoms. The number of amides is 1. The SMILES string of the molecule is CCOC(=O)C1CCCN(C(=O)c2cc(-c3csc(-c4ccccc4Cl)n3)n(Cc3cccc(Cl)c3)c2C)C1. The van der Waals surface area contributed by atoms with E-state index in [1.54, 1.807) is 11.8 Å². The van der Waals surface area contributed by atoms with E-state index in [1.165, 1.54) is 11.3 Å². The highest BCUT2D eigenvalue weighted by Gasteiger charge is 2.32. The number of carbonyl (C=O) groups excluding carboxylic acids is 2. The Kier molecular flexibility index (Phi) is 8.40. The molecule has 0 aliphatic carbocycles. The lowest BCUT2D eigenvalue weighted by Crippen LogP contribution is -2.43. The zero-order chi connectivity index (χ0) is 27.5. The van der Waals surface area contributed by atoms with Gasteiger partial charge < -0.3 is 14.2 Å². The lowest BCUT2D eigenvalue weighted by atomic mass is 9.97. The fraction of sp³-hybridized carbons (Fsp3) is 0.300. The van der Waals surface area contributed by atoms with Gasteiger partial charge in [0.1, 0.15) is 5.01 Å². The fourth-order valence-corrected chi connectivity index (χ4v) is 6.38. The Morgan fingerprint density at radius 1 is 1.13 bits per heavy atom. The quantitative estimate of drug-likeness (QED) is 0.214. The van der Waals surface area contributed by atoms with Crippen LogP contribution in [0.15, 0.2) is 60.0 Å². The van der Waals surface area contributed by atoms with Gasteiger partial charge in [0.15, 0.2) is 0 Å². The minimum atomic E-state index is -0.298. The van der Waals surface area contributed by atoms with Crippen molar-refractivity contribution >= 4 is 46.4 Å². The predicted octanol–water partition coefficient (Wildman–Crippen LogP) is 7.36. The number of carbonyl (C=O) groups is 2. The summed E-state index contributed by atoms with van der Waals surface area (Å²) in [5.74, 6) is -0.623. The minimum absolute atomic E-state index is 0.0888. The van der Waals surface area contributed by atoms with E-state index in [1.807, 2.05) is 66.9 Å². The summed E-state index contributed by atoms with van der Waals surface area (Å²) in [4.78, 5) is 32.9. The Morgan fingerprint density at radius 3 is 2.72 bits per heavy atom. The zero-order valence-corrected chi connectivity index (χ0v) is 24.2. The van der Waals surface area contributed by atoms with Gasteiger partial charge in [-0.15, -0.1) is 11.3 Å². The molecule has 1 aliphatic heterocycles. The molecule has 1 unspecified atom stereocenters. The van der Waals surface area contributed by atoms with Crippen LogP contribution in [-0.2, 0) is 16.1 Å². The first kappa shape index (κ1) is 27.4. The maximum absolute atomic E-state index is 13.8. The molecule has 2 aromatic heterocycles. The summed E-state index contributed by atoms with van der Waals surface area (Å²) in [5.41, 5.74) is 4.92. The molecule has 0 N–H and O–H groups in total. The third kappa shape index (κ3) is 5.91. The maximum atomic E-state index is 13.8. The molecule has 4 aromatic rings. The molecule has 0 radical (unpaired) electrons. The summed E-state index contributed by atoms with van der Waals surface area (Å²) in [7, 11) is 0. The van der Waals surface area contributed by atoms with Crippen LogP contribution in [0.3, 0.4) is 0 Å². The Labute approximate surface area is 242 Å². The van der Waals surface area contributed by atoms with Gasteiger partial charge in [-0.2, -0.15) is 0 Å². The van der Waals surface area contributed by atoms with Gasteiger partial charge in [0.05, 0.1) is 34.5 Å². The average Bonchev–Trinajstić information content (AvgIpc) is 3.54. The molecule has 0 spiro atoms. The van der Waals surface area contributed by atoms with E-state index >= 15 is 0 Å². The van der Waals surface area contributed by atoms with E-state index in [-0.39, 0.29) is 17.8 Å². The molecule has 1 fully saturated rings. The van der Waals surface area contributed by atoms with Crippen molar-refractivity contribution in [3.63, 3.8) is 0 Å². The van der Waals surface area contributed by atoms with Gasteiger partial charge in [-0.05, 0) is 56.5 Å². The van der Waals surface area contributed by atoms with Crippen LogP contribution in [0.4, 0.5) is 0 Å². The Morgan fingerprint density at radius 2 is 1.95 bits per heavy atom. The molecule has 39 heavy (non-hydrogen) atoms. The first-order chi connectivity index (χ1) is 18.9. The van der Waals surface area contributed by atoms with Gasteiger partial charge in [-0.25, -0.2) is 4.98 Å². The Hall–Kier alpha value is -3.13. The second kappa shape index (κ2) is 11.9. The lowest BCUT2D eigenvalue weighted by molar-refractivity contribution is -0.149. The normalized spacial score (nSPS) is 15.4. The van der Waals surface area contributed by atoms with Crippen molar-refractivity contribution in [2.45, 2.75) is 33.2 Å². The van der Waals surface area contributed by atoms with E-state index < -0.39 is 0 Å². The van der Waals surface area contributed by atoms with Crippen molar-refractivity contribution in [1.29, 1.82) is 0 Å². The number of piperidine rings is 1. The van der Waals surface area contributed by atoms with Gasteiger partial charge >= 0.3 is 5.97 Å². The molecule has 202 valence electrons.